The number of carbonyl (C=O) groups is 1. The summed E-state index contributed by atoms with van der Waals surface area (Å²) in [6, 6.07) is 5.83. The normalized spacial score (nSPS) is 29.4. The molecule has 3 rings (SSSR count). The van der Waals surface area contributed by atoms with Crippen LogP contribution in [0.2, 0.25) is 0 Å². The molecular formula is C15H22N2OS. The van der Waals surface area contributed by atoms with Gasteiger partial charge in [0, 0.05) is 29.5 Å². The zero-order valence-corrected chi connectivity index (χ0v) is 12.3. The molecule has 2 aliphatic rings. The summed E-state index contributed by atoms with van der Waals surface area (Å²) in [6.45, 7) is 2.95. The molecule has 2 unspecified atom stereocenters. The van der Waals surface area contributed by atoms with Crippen LogP contribution in [-0.4, -0.2) is 35.5 Å². The average Bonchev–Trinajstić information content (AvgIpc) is 3.00. The van der Waals surface area contributed by atoms with Crippen LogP contribution in [0.5, 0.6) is 0 Å². The molecule has 4 heteroatoms. The smallest absolute Gasteiger partial charge is 0.228 e. The lowest BCUT2D eigenvalue weighted by molar-refractivity contribution is -0.133. The van der Waals surface area contributed by atoms with Gasteiger partial charge in [0.2, 0.25) is 5.91 Å². The van der Waals surface area contributed by atoms with Crippen molar-refractivity contribution in [3.8, 4) is 0 Å². The van der Waals surface area contributed by atoms with Crippen LogP contribution in [0.25, 0.3) is 0 Å². The summed E-state index contributed by atoms with van der Waals surface area (Å²) in [5.74, 6) is 0.302. The van der Waals surface area contributed by atoms with Gasteiger partial charge in [0.25, 0.3) is 0 Å². The van der Waals surface area contributed by atoms with Gasteiger partial charge in [-0.15, -0.1) is 11.3 Å². The van der Waals surface area contributed by atoms with E-state index < -0.39 is 0 Å². The SMILES string of the molecule is CCN(C(=O)Cc1cccs1)C1CC2CCC(C1)N2. The Bertz CT molecular complexity index is 419. The zero-order chi connectivity index (χ0) is 13.2. The molecule has 0 radical (unpaired) electrons. The maximum absolute atomic E-state index is 12.5. The molecule has 1 aromatic rings. The summed E-state index contributed by atoms with van der Waals surface area (Å²) in [5.41, 5.74) is 0. The topological polar surface area (TPSA) is 32.3 Å². The fourth-order valence-corrected chi connectivity index (χ4v) is 4.28. The van der Waals surface area contributed by atoms with Crippen molar-refractivity contribution in [2.24, 2.45) is 0 Å². The lowest BCUT2D eigenvalue weighted by atomic mass is 9.98. The van der Waals surface area contributed by atoms with Crippen LogP contribution in [0.3, 0.4) is 0 Å². The van der Waals surface area contributed by atoms with E-state index in [1.165, 1.54) is 17.7 Å². The van der Waals surface area contributed by atoms with Gasteiger partial charge in [0.15, 0.2) is 0 Å². The molecule has 2 bridgehead atoms. The maximum atomic E-state index is 12.5. The summed E-state index contributed by atoms with van der Waals surface area (Å²) in [5, 5.41) is 5.69. The van der Waals surface area contributed by atoms with E-state index in [4.69, 9.17) is 0 Å². The second-order valence-electron chi connectivity index (χ2n) is 5.70. The van der Waals surface area contributed by atoms with Gasteiger partial charge in [-0.3, -0.25) is 4.79 Å². The number of rotatable bonds is 4. The van der Waals surface area contributed by atoms with Crippen molar-refractivity contribution in [3.63, 3.8) is 0 Å². The maximum Gasteiger partial charge on any atom is 0.228 e. The van der Waals surface area contributed by atoms with Crippen molar-refractivity contribution in [2.45, 2.75) is 57.2 Å². The third-order valence-corrected chi connectivity index (χ3v) is 5.33. The molecule has 19 heavy (non-hydrogen) atoms. The van der Waals surface area contributed by atoms with E-state index in [2.05, 4.69) is 23.2 Å². The molecule has 0 aromatic carbocycles. The van der Waals surface area contributed by atoms with Crippen LogP contribution in [-0.2, 0) is 11.2 Å². The lowest BCUT2D eigenvalue weighted by Crippen LogP contribution is -2.50. The largest absolute Gasteiger partial charge is 0.340 e. The molecule has 104 valence electrons. The molecule has 1 amide bonds. The highest BCUT2D eigenvalue weighted by Gasteiger charge is 2.36. The number of likely N-dealkylation sites (N-methyl/N-ethyl adjacent to an activating group) is 1. The summed E-state index contributed by atoms with van der Waals surface area (Å²) in [7, 11) is 0. The zero-order valence-electron chi connectivity index (χ0n) is 11.5. The predicted molar refractivity (Wildman–Crippen MR) is 78.4 cm³/mol. The minimum Gasteiger partial charge on any atom is -0.340 e. The fourth-order valence-electron chi connectivity index (χ4n) is 3.58. The first-order valence-corrected chi connectivity index (χ1v) is 8.22. The van der Waals surface area contributed by atoms with Crippen molar-refractivity contribution >= 4 is 17.2 Å². The summed E-state index contributed by atoms with van der Waals surface area (Å²) >= 11 is 1.68. The van der Waals surface area contributed by atoms with Crippen LogP contribution in [0.15, 0.2) is 17.5 Å². The van der Waals surface area contributed by atoms with E-state index >= 15 is 0 Å². The Balaban J connectivity index is 1.65. The molecule has 3 heterocycles. The number of nitrogens with one attached hydrogen (secondary N) is 1. The fraction of sp³-hybridized carbons (Fsp3) is 0.667. The number of thiophene rings is 1. The first-order valence-electron chi connectivity index (χ1n) is 7.34. The number of carbonyl (C=O) groups excluding carboxylic acids is 1. The Labute approximate surface area is 119 Å². The second kappa shape index (κ2) is 5.63. The third-order valence-electron chi connectivity index (χ3n) is 4.46. The van der Waals surface area contributed by atoms with E-state index in [1.807, 2.05) is 11.4 Å². The standard InChI is InChI=1S/C15H22N2OS/c1-2-17(15(18)10-14-4-3-7-19-14)13-8-11-5-6-12(9-13)16-11/h3-4,7,11-13,16H,2,5-6,8-10H2,1H3. The Morgan fingerprint density at radius 1 is 1.42 bits per heavy atom. The number of piperidine rings is 1. The van der Waals surface area contributed by atoms with Gasteiger partial charge in [0.1, 0.15) is 0 Å². The Morgan fingerprint density at radius 3 is 2.74 bits per heavy atom. The van der Waals surface area contributed by atoms with E-state index in [-0.39, 0.29) is 0 Å². The highest BCUT2D eigenvalue weighted by Crippen LogP contribution is 2.30. The Hall–Kier alpha value is -0.870. The first kappa shape index (κ1) is 13.1. The van der Waals surface area contributed by atoms with Crippen molar-refractivity contribution in [1.29, 1.82) is 0 Å². The highest BCUT2D eigenvalue weighted by atomic mass is 32.1. The summed E-state index contributed by atoms with van der Waals surface area (Å²) < 4.78 is 0. The van der Waals surface area contributed by atoms with Crippen LogP contribution in [0.1, 0.15) is 37.5 Å². The van der Waals surface area contributed by atoms with Crippen molar-refractivity contribution in [1.82, 2.24) is 10.2 Å². The first-order chi connectivity index (χ1) is 9.26. The molecule has 3 nitrogen and oxygen atoms in total. The molecule has 2 fully saturated rings. The molecule has 0 aliphatic carbocycles. The molecule has 0 spiro atoms. The van der Waals surface area contributed by atoms with E-state index in [9.17, 15) is 4.79 Å². The van der Waals surface area contributed by atoms with Gasteiger partial charge in [-0.05, 0) is 44.1 Å². The van der Waals surface area contributed by atoms with Crippen molar-refractivity contribution in [3.05, 3.63) is 22.4 Å². The van der Waals surface area contributed by atoms with Gasteiger partial charge < -0.3 is 10.2 Å². The van der Waals surface area contributed by atoms with Gasteiger partial charge in [-0.25, -0.2) is 0 Å². The van der Waals surface area contributed by atoms with Crippen LogP contribution >= 0.6 is 11.3 Å². The summed E-state index contributed by atoms with van der Waals surface area (Å²) in [6.07, 6.45) is 5.43. The van der Waals surface area contributed by atoms with Crippen LogP contribution in [0, 0.1) is 0 Å². The predicted octanol–water partition coefficient (Wildman–Crippen LogP) is 2.42. The number of amides is 1. The third kappa shape index (κ3) is 2.84. The molecule has 1 aromatic heterocycles. The molecule has 2 aliphatic heterocycles. The molecular weight excluding hydrogens is 256 g/mol. The minimum atomic E-state index is 0.302. The number of fused-ring (bicyclic) bond motifs is 2. The van der Waals surface area contributed by atoms with Gasteiger partial charge in [-0.1, -0.05) is 6.07 Å². The molecule has 0 saturated carbocycles. The number of nitrogens with zero attached hydrogens (tertiary/aromatic N) is 1. The van der Waals surface area contributed by atoms with E-state index in [0.29, 0.717) is 30.5 Å². The monoisotopic (exact) mass is 278 g/mol. The number of hydrogen-bond acceptors (Lipinski definition) is 3. The highest BCUT2D eigenvalue weighted by molar-refractivity contribution is 7.10. The Kier molecular flexibility index (Phi) is 3.89. The minimum absolute atomic E-state index is 0.302. The van der Waals surface area contributed by atoms with Gasteiger partial charge >= 0.3 is 0 Å². The van der Waals surface area contributed by atoms with E-state index in [0.717, 1.165) is 19.4 Å². The lowest BCUT2D eigenvalue weighted by Gasteiger charge is -2.37. The van der Waals surface area contributed by atoms with Crippen molar-refractivity contribution < 1.29 is 4.79 Å². The average molecular weight is 278 g/mol. The van der Waals surface area contributed by atoms with Gasteiger partial charge in [-0.2, -0.15) is 0 Å². The van der Waals surface area contributed by atoms with Crippen LogP contribution in [0.4, 0.5) is 0 Å². The number of hydrogen-bond donors (Lipinski definition) is 1. The van der Waals surface area contributed by atoms with E-state index in [1.54, 1.807) is 11.3 Å². The second-order valence-corrected chi connectivity index (χ2v) is 6.73. The quantitative estimate of drug-likeness (QED) is 0.917. The Morgan fingerprint density at radius 2 is 2.16 bits per heavy atom. The summed E-state index contributed by atoms with van der Waals surface area (Å²) in [4.78, 5) is 15.8. The molecule has 1 N–H and O–H groups in total. The van der Waals surface area contributed by atoms with Crippen LogP contribution < -0.4 is 5.32 Å². The van der Waals surface area contributed by atoms with Gasteiger partial charge in [0.05, 0.1) is 6.42 Å². The molecule has 2 atom stereocenters. The van der Waals surface area contributed by atoms with Crippen molar-refractivity contribution in [2.75, 3.05) is 6.54 Å². The molecule has 2 saturated heterocycles.